The zero-order valence-corrected chi connectivity index (χ0v) is 9.14. The van der Waals surface area contributed by atoms with Gasteiger partial charge in [0.2, 0.25) is 0 Å². The number of aromatic nitrogens is 2. The second-order valence-electron chi connectivity index (χ2n) is 3.30. The number of rotatable bonds is 6. The molecule has 5 heteroatoms. The lowest BCUT2D eigenvalue weighted by atomic mass is 10.4. The molecule has 0 aliphatic rings. The van der Waals surface area contributed by atoms with Crippen LogP contribution in [0.5, 0.6) is 6.01 Å². The topological polar surface area (TPSA) is 70.3 Å². The molecule has 0 saturated carbocycles. The van der Waals surface area contributed by atoms with Crippen molar-refractivity contribution in [3.8, 4) is 6.01 Å². The molecule has 0 fully saturated rings. The van der Waals surface area contributed by atoms with Crippen LogP contribution in [0.3, 0.4) is 0 Å². The Balaban J connectivity index is 2.30. The van der Waals surface area contributed by atoms with E-state index >= 15 is 0 Å². The number of hydrogen-bond acceptors (Lipinski definition) is 5. The van der Waals surface area contributed by atoms with E-state index in [9.17, 15) is 0 Å². The Morgan fingerprint density at radius 2 is 2.20 bits per heavy atom. The first-order valence-electron chi connectivity index (χ1n) is 4.98. The molecule has 0 aromatic carbocycles. The van der Waals surface area contributed by atoms with Crippen molar-refractivity contribution < 1.29 is 9.47 Å². The van der Waals surface area contributed by atoms with Gasteiger partial charge in [-0.15, -0.1) is 0 Å². The third-order valence-electron chi connectivity index (χ3n) is 1.67. The third kappa shape index (κ3) is 4.71. The highest BCUT2D eigenvalue weighted by Crippen LogP contribution is 2.02. The maximum Gasteiger partial charge on any atom is 0.316 e. The number of nitrogens with two attached hydrogens (primary N) is 1. The van der Waals surface area contributed by atoms with Gasteiger partial charge in [0, 0.05) is 12.7 Å². The minimum absolute atomic E-state index is 0.213. The van der Waals surface area contributed by atoms with Gasteiger partial charge in [-0.3, -0.25) is 0 Å². The van der Waals surface area contributed by atoms with Gasteiger partial charge in [0.25, 0.3) is 0 Å². The SMILES string of the molecule is CC(C)OCCOc1nccc(CN)n1. The minimum Gasteiger partial charge on any atom is -0.461 e. The smallest absolute Gasteiger partial charge is 0.316 e. The molecular weight excluding hydrogens is 194 g/mol. The Labute approximate surface area is 89.6 Å². The van der Waals surface area contributed by atoms with Crippen LogP contribution in [0.15, 0.2) is 12.3 Å². The van der Waals surface area contributed by atoms with E-state index in [0.717, 1.165) is 5.69 Å². The lowest BCUT2D eigenvalue weighted by Gasteiger charge is -2.08. The van der Waals surface area contributed by atoms with E-state index in [0.29, 0.717) is 25.8 Å². The molecular formula is C10H17N3O2. The average molecular weight is 211 g/mol. The van der Waals surface area contributed by atoms with E-state index in [1.165, 1.54) is 0 Å². The van der Waals surface area contributed by atoms with E-state index in [1.807, 2.05) is 13.8 Å². The molecule has 0 spiro atoms. The van der Waals surface area contributed by atoms with Gasteiger partial charge in [-0.1, -0.05) is 0 Å². The van der Waals surface area contributed by atoms with Gasteiger partial charge in [-0.25, -0.2) is 4.98 Å². The Bertz CT molecular complexity index is 292. The quantitative estimate of drug-likeness (QED) is 0.703. The van der Waals surface area contributed by atoms with Crippen LogP contribution in [0.1, 0.15) is 19.5 Å². The molecule has 2 N–H and O–H groups in total. The van der Waals surface area contributed by atoms with Crippen molar-refractivity contribution in [1.29, 1.82) is 0 Å². The van der Waals surface area contributed by atoms with E-state index in [1.54, 1.807) is 12.3 Å². The summed E-state index contributed by atoms with van der Waals surface area (Å²) >= 11 is 0. The molecule has 15 heavy (non-hydrogen) atoms. The van der Waals surface area contributed by atoms with Crippen molar-refractivity contribution >= 4 is 0 Å². The summed E-state index contributed by atoms with van der Waals surface area (Å²) in [7, 11) is 0. The van der Waals surface area contributed by atoms with Gasteiger partial charge in [0.1, 0.15) is 6.61 Å². The number of hydrogen-bond donors (Lipinski definition) is 1. The fourth-order valence-corrected chi connectivity index (χ4v) is 0.976. The largest absolute Gasteiger partial charge is 0.461 e. The number of nitrogens with zero attached hydrogens (tertiary/aromatic N) is 2. The summed E-state index contributed by atoms with van der Waals surface area (Å²) in [6.07, 6.45) is 1.85. The molecule has 0 saturated heterocycles. The fraction of sp³-hybridized carbons (Fsp3) is 0.600. The second kappa shape index (κ2) is 6.31. The van der Waals surface area contributed by atoms with Crippen LogP contribution in [-0.2, 0) is 11.3 Å². The number of ether oxygens (including phenoxy) is 2. The van der Waals surface area contributed by atoms with Crippen molar-refractivity contribution in [3.63, 3.8) is 0 Å². The van der Waals surface area contributed by atoms with Crippen molar-refractivity contribution in [2.75, 3.05) is 13.2 Å². The second-order valence-corrected chi connectivity index (χ2v) is 3.30. The van der Waals surface area contributed by atoms with E-state index in [-0.39, 0.29) is 6.10 Å². The third-order valence-corrected chi connectivity index (χ3v) is 1.67. The molecule has 84 valence electrons. The Morgan fingerprint density at radius 3 is 2.87 bits per heavy atom. The first-order valence-corrected chi connectivity index (χ1v) is 4.98. The van der Waals surface area contributed by atoms with Crippen molar-refractivity contribution in [3.05, 3.63) is 18.0 Å². The summed E-state index contributed by atoms with van der Waals surface area (Å²) < 4.78 is 10.6. The molecule has 0 radical (unpaired) electrons. The highest BCUT2D eigenvalue weighted by atomic mass is 16.5. The molecule has 0 aliphatic carbocycles. The van der Waals surface area contributed by atoms with Crippen LogP contribution >= 0.6 is 0 Å². The molecule has 1 rings (SSSR count). The monoisotopic (exact) mass is 211 g/mol. The maximum absolute atomic E-state index is 5.44. The molecule has 1 aromatic rings. The summed E-state index contributed by atoms with van der Waals surface area (Å²) in [6, 6.07) is 2.11. The van der Waals surface area contributed by atoms with Crippen LogP contribution in [0.25, 0.3) is 0 Å². The summed E-state index contributed by atoms with van der Waals surface area (Å²) in [5.74, 6) is 0. The zero-order valence-electron chi connectivity index (χ0n) is 9.14. The van der Waals surface area contributed by atoms with Gasteiger partial charge in [-0.2, -0.15) is 4.98 Å². The predicted octanol–water partition coefficient (Wildman–Crippen LogP) is 0.739. The fourth-order valence-electron chi connectivity index (χ4n) is 0.976. The van der Waals surface area contributed by atoms with Crippen molar-refractivity contribution in [2.24, 2.45) is 5.73 Å². The Hall–Kier alpha value is -1.20. The molecule has 5 nitrogen and oxygen atoms in total. The standard InChI is InChI=1S/C10H17N3O2/c1-8(2)14-5-6-15-10-12-4-3-9(7-11)13-10/h3-4,8H,5-7,11H2,1-2H3. The lowest BCUT2D eigenvalue weighted by molar-refractivity contribution is 0.0530. The van der Waals surface area contributed by atoms with Gasteiger partial charge in [0.05, 0.1) is 18.4 Å². The summed E-state index contributed by atoms with van der Waals surface area (Å²) in [5.41, 5.74) is 6.21. The molecule has 0 unspecified atom stereocenters. The van der Waals surface area contributed by atoms with Crippen LogP contribution in [0, 0.1) is 0 Å². The van der Waals surface area contributed by atoms with Crippen LogP contribution in [0.4, 0.5) is 0 Å². The molecule has 0 aliphatic heterocycles. The molecule has 1 aromatic heterocycles. The van der Waals surface area contributed by atoms with E-state index in [4.69, 9.17) is 15.2 Å². The van der Waals surface area contributed by atoms with Gasteiger partial charge < -0.3 is 15.2 Å². The Morgan fingerprint density at radius 1 is 1.40 bits per heavy atom. The van der Waals surface area contributed by atoms with Crippen molar-refractivity contribution in [2.45, 2.75) is 26.5 Å². The normalized spacial score (nSPS) is 10.7. The van der Waals surface area contributed by atoms with Gasteiger partial charge in [0.15, 0.2) is 0 Å². The van der Waals surface area contributed by atoms with Crippen LogP contribution in [-0.4, -0.2) is 29.3 Å². The van der Waals surface area contributed by atoms with Gasteiger partial charge in [-0.05, 0) is 19.9 Å². The highest BCUT2D eigenvalue weighted by Gasteiger charge is 1.99. The van der Waals surface area contributed by atoms with Gasteiger partial charge >= 0.3 is 6.01 Å². The first-order chi connectivity index (χ1) is 7.22. The molecule has 0 bridgehead atoms. The summed E-state index contributed by atoms with van der Waals surface area (Å²) in [4.78, 5) is 8.05. The maximum atomic E-state index is 5.44. The summed E-state index contributed by atoms with van der Waals surface area (Å²) in [5, 5.41) is 0. The highest BCUT2D eigenvalue weighted by molar-refractivity contribution is 5.04. The van der Waals surface area contributed by atoms with Crippen LogP contribution < -0.4 is 10.5 Å². The van der Waals surface area contributed by atoms with E-state index in [2.05, 4.69) is 9.97 Å². The molecule has 1 heterocycles. The minimum atomic E-state index is 0.213. The summed E-state index contributed by atoms with van der Waals surface area (Å²) in [6.45, 7) is 5.33. The Kier molecular flexibility index (Phi) is 5.00. The van der Waals surface area contributed by atoms with E-state index < -0.39 is 0 Å². The van der Waals surface area contributed by atoms with Crippen LogP contribution in [0.2, 0.25) is 0 Å². The molecule has 0 amide bonds. The predicted molar refractivity (Wildman–Crippen MR) is 56.5 cm³/mol. The molecule has 0 atom stereocenters. The average Bonchev–Trinajstić information content (AvgIpc) is 2.24. The van der Waals surface area contributed by atoms with Crippen molar-refractivity contribution in [1.82, 2.24) is 9.97 Å². The first kappa shape index (κ1) is 11.9. The lowest BCUT2D eigenvalue weighted by Crippen LogP contribution is -2.13. The zero-order chi connectivity index (χ0) is 11.1.